The van der Waals surface area contributed by atoms with E-state index in [9.17, 15) is 0 Å². The van der Waals surface area contributed by atoms with Crippen LogP contribution in [0, 0.1) is 0 Å². The molecule has 1 heterocycles. The van der Waals surface area contributed by atoms with E-state index in [4.69, 9.17) is 14.9 Å². The van der Waals surface area contributed by atoms with E-state index in [0.29, 0.717) is 0 Å². The van der Waals surface area contributed by atoms with E-state index in [1.807, 2.05) is 24.3 Å². The van der Waals surface area contributed by atoms with Gasteiger partial charge in [0.15, 0.2) is 0 Å². The third kappa shape index (κ3) is 2.13. The molecule has 1 atom stereocenters. The number of benzene rings is 1. The molecule has 3 nitrogen and oxygen atoms in total. The molecule has 0 aliphatic carbocycles. The normalized spacial score (nSPS) is 12.4. The number of hydrogen-bond acceptors (Lipinski definition) is 3. The van der Waals surface area contributed by atoms with Gasteiger partial charge in [-0.15, -0.1) is 0 Å². The first kappa shape index (κ1) is 11.2. The minimum atomic E-state index is -0.195. The van der Waals surface area contributed by atoms with E-state index in [2.05, 4.69) is 15.9 Å². The monoisotopic (exact) mass is 281 g/mol. The van der Waals surface area contributed by atoms with E-state index < -0.39 is 0 Å². The van der Waals surface area contributed by atoms with Crippen molar-refractivity contribution >= 4 is 15.9 Å². The summed E-state index contributed by atoms with van der Waals surface area (Å²) >= 11 is 3.48. The van der Waals surface area contributed by atoms with Crippen LogP contribution >= 0.6 is 15.9 Å². The van der Waals surface area contributed by atoms with E-state index in [-0.39, 0.29) is 6.04 Å². The standard InChI is InChI=1S/C12H12BrNO2/c1-15-9-2-3-10(11(13)6-9)12(14)8-4-5-16-7-8/h2-7,12H,14H2,1H3. The Bertz CT molecular complexity index is 468. The molecular weight excluding hydrogens is 270 g/mol. The fourth-order valence-corrected chi connectivity index (χ4v) is 2.12. The van der Waals surface area contributed by atoms with Crippen LogP contribution in [-0.2, 0) is 0 Å². The molecule has 0 amide bonds. The summed E-state index contributed by atoms with van der Waals surface area (Å²) in [5.41, 5.74) is 8.07. The highest BCUT2D eigenvalue weighted by Gasteiger charge is 2.13. The lowest BCUT2D eigenvalue weighted by Crippen LogP contribution is -2.11. The lowest BCUT2D eigenvalue weighted by Gasteiger charge is -2.12. The quantitative estimate of drug-likeness (QED) is 0.941. The molecule has 2 rings (SSSR count). The summed E-state index contributed by atoms with van der Waals surface area (Å²) < 4.78 is 11.1. The summed E-state index contributed by atoms with van der Waals surface area (Å²) in [4.78, 5) is 0. The molecule has 84 valence electrons. The predicted molar refractivity (Wildman–Crippen MR) is 65.4 cm³/mol. The van der Waals surface area contributed by atoms with Gasteiger partial charge in [0.05, 0.1) is 25.7 Å². The average molecular weight is 282 g/mol. The van der Waals surface area contributed by atoms with Crippen LogP contribution in [0.25, 0.3) is 0 Å². The molecule has 16 heavy (non-hydrogen) atoms. The lowest BCUT2D eigenvalue weighted by molar-refractivity contribution is 0.414. The Labute approximate surface area is 102 Å². The fourth-order valence-electron chi connectivity index (χ4n) is 1.52. The van der Waals surface area contributed by atoms with Crippen LogP contribution in [-0.4, -0.2) is 7.11 Å². The molecule has 1 unspecified atom stereocenters. The molecule has 1 aromatic heterocycles. The molecule has 2 aromatic rings. The molecule has 0 saturated carbocycles. The van der Waals surface area contributed by atoms with Gasteiger partial charge in [-0.1, -0.05) is 22.0 Å². The molecule has 2 N–H and O–H groups in total. The molecule has 0 fully saturated rings. The van der Waals surface area contributed by atoms with Crippen molar-refractivity contribution in [3.05, 3.63) is 52.4 Å². The van der Waals surface area contributed by atoms with Gasteiger partial charge in [0.2, 0.25) is 0 Å². The number of rotatable bonds is 3. The highest BCUT2D eigenvalue weighted by atomic mass is 79.9. The zero-order valence-electron chi connectivity index (χ0n) is 8.81. The van der Waals surface area contributed by atoms with Gasteiger partial charge in [0.25, 0.3) is 0 Å². The van der Waals surface area contributed by atoms with Crippen LogP contribution in [0.1, 0.15) is 17.2 Å². The maximum absolute atomic E-state index is 6.12. The van der Waals surface area contributed by atoms with Crippen molar-refractivity contribution in [3.8, 4) is 5.75 Å². The van der Waals surface area contributed by atoms with Crippen LogP contribution in [0.3, 0.4) is 0 Å². The number of methoxy groups -OCH3 is 1. The number of halogens is 1. The van der Waals surface area contributed by atoms with Crippen LogP contribution in [0.4, 0.5) is 0 Å². The Kier molecular flexibility index (Phi) is 3.31. The number of hydrogen-bond donors (Lipinski definition) is 1. The van der Waals surface area contributed by atoms with Gasteiger partial charge in [-0.05, 0) is 23.8 Å². The van der Waals surface area contributed by atoms with E-state index in [0.717, 1.165) is 21.3 Å². The van der Waals surface area contributed by atoms with Crippen molar-refractivity contribution in [1.82, 2.24) is 0 Å². The maximum atomic E-state index is 6.12. The second kappa shape index (κ2) is 4.72. The minimum absolute atomic E-state index is 0.195. The summed E-state index contributed by atoms with van der Waals surface area (Å²) in [6.07, 6.45) is 3.27. The van der Waals surface area contributed by atoms with Crippen LogP contribution < -0.4 is 10.5 Å². The van der Waals surface area contributed by atoms with Gasteiger partial charge in [-0.25, -0.2) is 0 Å². The van der Waals surface area contributed by atoms with Gasteiger partial charge in [0, 0.05) is 10.0 Å². The number of ether oxygens (including phenoxy) is 1. The van der Waals surface area contributed by atoms with Gasteiger partial charge in [-0.3, -0.25) is 0 Å². The topological polar surface area (TPSA) is 48.4 Å². The van der Waals surface area contributed by atoms with Crippen molar-refractivity contribution < 1.29 is 9.15 Å². The van der Waals surface area contributed by atoms with Crippen molar-refractivity contribution in [2.75, 3.05) is 7.11 Å². The average Bonchev–Trinajstić information content (AvgIpc) is 2.81. The second-order valence-corrected chi connectivity index (χ2v) is 4.28. The van der Waals surface area contributed by atoms with Crippen molar-refractivity contribution in [2.45, 2.75) is 6.04 Å². The van der Waals surface area contributed by atoms with Gasteiger partial charge < -0.3 is 14.9 Å². The number of furan rings is 1. The largest absolute Gasteiger partial charge is 0.497 e. The van der Waals surface area contributed by atoms with Crippen LogP contribution in [0.15, 0.2) is 45.7 Å². The zero-order chi connectivity index (χ0) is 11.5. The molecule has 0 radical (unpaired) electrons. The molecule has 0 aliphatic heterocycles. The molecular formula is C12H12BrNO2. The first-order valence-electron chi connectivity index (χ1n) is 4.83. The van der Waals surface area contributed by atoms with Gasteiger partial charge in [0.1, 0.15) is 5.75 Å². The summed E-state index contributed by atoms with van der Waals surface area (Å²) in [6, 6.07) is 7.40. The van der Waals surface area contributed by atoms with Gasteiger partial charge in [-0.2, -0.15) is 0 Å². The Morgan fingerprint density at radius 2 is 2.19 bits per heavy atom. The molecule has 0 saturated heterocycles. The van der Waals surface area contributed by atoms with Gasteiger partial charge >= 0.3 is 0 Å². The van der Waals surface area contributed by atoms with Crippen molar-refractivity contribution in [1.29, 1.82) is 0 Å². The highest BCUT2D eigenvalue weighted by Crippen LogP contribution is 2.30. The Morgan fingerprint density at radius 1 is 1.38 bits per heavy atom. The SMILES string of the molecule is COc1ccc(C(N)c2ccoc2)c(Br)c1. The molecule has 4 heteroatoms. The first-order chi connectivity index (χ1) is 7.72. The van der Waals surface area contributed by atoms with E-state index in [1.165, 1.54) is 0 Å². The van der Waals surface area contributed by atoms with Crippen molar-refractivity contribution in [2.24, 2.45) is 5.73 Å². The Balaban J connectivity index is 2.34. The van der Waals surface area contributed by atoms with Crippen molar-refractivity contribution in [3.63, 3.8) is 0 Å². The molecule has 0 aliphatic rings. The predicted octanol–water partition coefficient (Wildman–Crippen LogP) is 3.10. The maximum Gasteiger partial charge on any atom is 0.120 e. The second-order valence-electron chi connectivity index (χ2n) is 3.42. The summed E-state index contributed by atoms with van der Waals surface area (Å²) in [7, 11) is 1.64. The molecule has 0 bridgehead atoms. The lowest BCUT2D eigenvalue weighted by atomic mass is 10.0. The third-order valence-electron chi connectivity index (χ3n) is 2.44. The van der Waals surface area contributed by atoms with Crippen LogP contribution in [0.2, 0.25) is 0 Å². The minimum Gasteiger partial charge on any atom is -0.497 e. The third-order valence-corrected chi connectivity index (χ3v) is 3.13. The summed E-state index contributed by atoms with van der Waals surface area (Å²) in [6.45, 7) is 0. The molecule has 1 aromatic carbocycles. The Morgan fingerprint density at radius 3 is 2.75 bits per heavy atom. The zero-order valence-corrected chi connectivity index (χ0v) is 10.4. The van der Waals surface area contributed by atoms with E-state index >= 15 is 0 Å². The fraction of sp³-hybridized carbons (Fsp3) is 0.167. The van der Waals surface area contributed by atoms with Crippen LogP contribution in [0.5, 0.6) is 5.75 Å². The number of nitrogens with two attached hydrogens (primary N) is 1. The summed E-state index contributed by atoms with van der Waals surface area (Å²) in [5.74, 6) is 0.801. The van der Waals surface area contributed by atoms with E-state index in [1.54, 1.807) is 19.6 Å². The smallest absolute Gasteiger partial charge is 0.120 e. The first-order valence-corrected chi connectivity index (χ1v) is 5.63. The summed E-state index contributed by atoms with van der Waals surface area (Å²) in [5, 5.41) is 0. The molecule has 0 spiro atoms. The Hall–Kier alpha value is -1.26. The highest BCUT2D eigenvalue weighted by molar-refractivity contribution is 9.10.